The fourth-order valence-corrected chi connectivity index (χ4v) is 2.98. The first kappa shape index (κ1) is 14.2. The van der Waals surface area contributed by atoms with Gasteiger partial charge in [0.2, 0.25) is 0 Å². The minimum absolute atomic E-state index is 0.0162. The minimum Gasteiger partial charge on any atom is -0.492 e. The van der Waals surface area contributed by atoms with E-state index >= 15 is 0 Å². The zero-order valence-corrected chi connectivity index (χ0v) is 12.1. The number of hydrogen-bond acceptors (Lipinski definition) is 4. The van der Waals surface area contributed by atoms with Crippen molar-refractivity contribution in [3.05, 3.63) is 23.3 Å². The predicted octanol–water partition coefficient (Wildman–Crippen LogP) is 3.36. The van der Waals surface area contributed by atoms with Gasteiger partial charge in [-0.3, -0.25) is 0 Å². The average Bonchev–Trinajstić information content (AvgIpc) is 2.36. The molecule has 0 fully saturated rings. The molecule has 1 aliphatic heterocycles. The Kier molecular flexibility index (Phi) is 4.37. The normalized spacial score (nSPS) is 18.0. The van der Waals surface area contributed by atoms with E-state index in [1.807, 2.05) is 26.2 Å². The summed E-state index contributed by atoms with van der Waals surface area (Å²) in [5.41, 5.74) is 1.24. The van der Waals surface area contributed by atoms with Crippen molar-refractivity contribution in [2.24, 2.45) is 0 Å². The van der Waals surface area contributed by atoms with Crippen molar-refractivity contribution in [3.63, 3.8) is 0 Å². The van der Waals surface area contributed by atoms with Crippen molar-refractivity contribution in [2.45, 2.75) is 37.4 Å². The summed E-state index contributed by atoms with van der Waals surface area (Å²) in [4.78, 5) is 11.9. The van der Waals surface area contributed by atoms with Crippen molar-refractivity contribution < 1.29 is 19.4 Å². The zero-order valence-electron chi connectivity index (χ0n) is 11.3. The molecule has 0 radical (unpaired) electrons. The van der Waals surface area contributed by atoms with E-state index in [0.717, 1.165) is 12.0 Å². The molecule has 1 aromatic carbocycles. The van der Waals surface area contributed by atoms with E-state index in [9.17, 15) is 9.90 Å². The molecule has 0 spiro atoms. The SMILES string of the molecule is CSc1c(C(=O)O)ccc2c1OCCC2OC(C)C. The van der Waals surface area contributed by atoms with Crippen LogP contribution in [0.1, 0.15) is 42.3 Å². The highest BCUT2D eigenvalue weighted by Crippen LogP contribution is 2.42. The van der Waals surface area contributed by atoms with Crippen LogP contribution in [0.3, 0.4) is 0 Å². The van der Waals surface area contributed by atoms with Crippen LogP contribution in [0.2, 0.25) is 0 Å². The Morgan fingerprint density at radius 3 is 2.84 bits per heavy atom. The fraction of sp³-hybridized carbons (Fsp3) is 0.500. The molecule has 0 aromatic heterocycles. The second-order valence-electron chi connectivity index (χ2n) is 4.68. The van der Waals surface area contributed by atoms with Gasteiger partial charge in [0, 0.05) is 12.0 Å². The van der Waals surface area contributed by atoms with Crippen LogP contribution in [0.5, 0.6) is 5.75 Å². The molecule has 0 saturated heterocycles. The number of rotatable bonds is 4. The third-order valence-electron chi connectivity index (χ3n) is 2.99. The van der Waals surface area contributed by atoms with Gasteiger partial charge in [-0.2, -0.15) is 0 Å². The topological polar surface area (TPSA) is 55.8 Å². The molecule has 0 saturated carbocycles. The second kappa shape index (κ2) is 5.84. The Bertz CT molecular complexity index is 485. The molecule has 5 heteroatoms. The molecule has 0 amide bonds. The Hall–Kier alpha value is -1.20. The highest BCUT2D eigenvalue weighted by Gasteiger charge is 2.27. The van der Waals surface area contributed by atoms with Crippen LogP contribution in [-0.2, 0) is 4.74 Å². The van der Waals surface area contributed by atoms with E-state index < -0.39 is 5.97 Å². The van der Waals surface area contributed by atoms with Gasteiger partial charge in [0.1, 0.15) is 5.75 Å². The molecule has 1 N–H and O–H groups in total. The first-order chi connectivity index (χ1) is 9.04. The molecular weight excluding hydrogens is 264 g/mol. The van der Waals surface area contributed by atoms with Gasteiger partial charge < -0.3 is 14.6 Å². The maximum atomic E-state index is 11.2. The van der Waals surface area contributed by atoms with Gasteiger partial charge in [0.25, 0.3) is 0 Å². The number of ether oxygens (including phenoxy) is 2. The van der Waals surface area contributed by atoms with Crippen molar-refractivity contribution >= 4 is 17.7 Å². The number of hydrogen-bond donors (Lipinski definition) is 1. The van der Waals surface area contributed by atoms with Gasteiger partial charge in [-0.15, -0.1) is 11.8 Å². The molecule has 104 valence electrons. The van der Waals surface area contributed by atoms with E-state index in [2.05, 4.69) is 0 Å². The smallest absolute Gasteiger partial charge is 0.336 e. The molecule has 19 heavy (non-hydrogen) atoms. The second-order valence-corrected chi connectivity index (χ2v) is 5.50. The van der Waals surface area contributed by atoms with E-state index in [0.29, 0.717) is 17.3 Å². The largest absolute Gasteiger partial charge is 0.492 e. The van der Waals surface area contributed by atoms with Gasteiger partial charge in [-0.1, -0.05) is 6.07 Å². The number of aromatic carboxylic acids is 1. The van der Waals surface area contributed by atoms with Gasteiger partial charge >= 0.3 is 5.97 Å². The molecule has 1 unspecified atom stereocenters. The summed E-state index contributed by atoms with van der Waals surface area (Å²) >= 11 is 1.40. The highest BCUT2D eigenvalue weighted by atomic mass is 32.2. The van der Waals surface area contributed by atoms with Crippen LogP contribution in [0.4, 0.5) is 0 Å². The van der Waals surface area contributed by atoms with Crippen molar-refractivity contribution in [1.82, 2.24) is 0 Å². The van der Waals surface area contributed by atoms with E-state index in [4.69, 9.17) is 9.47 Å². The lowest BCUT2D eigenvalue weighted by atomic mass is 10.0. The quantitative estimate of drug-likeness (QED) is 0.858. The summed E-state index contributed by atoms with van der Waals surface area (Å²) in [7, 11) is 0. The summed E-state index contributed by atoms with van der Waals surface area (Å²) in [6.07, 6.45) is 2.77. The molecule has 1 aliphatic rings. The van der Waals surface area contributed by atoms with Crippen LogP contribution in [0, 0.1) is 0 Å². The Morgan fingerprint density at radius 2 is 2.26 bits per heavy atom. The van der Waals surface area contributed by atoms with Crippen molar-refractivity contribution in [2.75, 3.05) is 12.9 Å². The first-order valence-electron chi connectivity index (χ1n) is 6.27. The van der Waals surface area contributed by atoms with Gasteiger partial charge in [0.15, 0.2) is 0 Å². The zero-order chi connectivity index (χ0) is 14.0. The predicted molar refractivity (Wildman–Crippen MR) is 74.3 cm³/mol. The maximum Gasteiger partial charge on any atom is 0.336 e. The van der Waals surface area contributed by atoms with Gasteiger partial charge in [-0.25, -0.2) is 4.79 Å². The van der Waals surface area contributed by atoms with Crippen LogP contribution in [-0.4, -0.2) is 30.0 Å². The summed E-state index contributed by atoms with van der Waals surface area (Å²) in [5, 5.41) is 9.21. The molecule has 1 heterocycles. The van der Waals surface area contributed by atoms with Crippen molar-refractivity contribution in [1.29, 1.82) is 0 Å². The lowest BCUT2D eigenvalue weighted by Gasteiger charge is -2.29. The number of fused-ring (bicyclic) bond motifs is 1. The average molecular weight is 282 g/mol. The van der Waals surface area contributed by atoms with Gasteiger partial charge in [-0.05, 0) is 26.2 Å². The minimum atomic E-state index is -0.928. The third-order valence-corrected chi connectivity index (χ3v) is 3.80. The summed E-state index contributed by atoms with van der Waals surface area (Å²) in [5.74, 6) is -0.257. The Morgan fingerprint density at radius 1 is 1.53 bits per heavy atom. The molecule has 1 aromatic rings. The van der Waals surface area contributed by atoms with Gasteiger partial charge in [0.05, 0.1) is 29.3 Å². The monoisotopic (exact) mass is 282 g/mol. The van der Waals surface area contributed by atoms with E-state index in [1.54, 1.807) is 6.07 Å². The van der Waals surface area contributed by atoms with Crippen LogP contribution >= 0.6 is 11.8 Å². The van der Waals surface area contributed by atoms with Crippen LogP contribution in [0.25, 0.3) is 0 Å². The molecule has 4 nitrogen and oxygen atoms in total. The number of carboxylic acid groups (broad SMARTS) is 1. The Balaban J connectivity index is 2.46. The van der Waals surface area contributed by atoms with E-state index in [1.165, 1.54) is 11.8 Å². The summed E-state index contributed by atoms with van der Waals surface area (Å²) in [6.45, 7) is 4.55. The van der Waals surface area contributed by atoms with Crippen LogP contribution < -0.4 is 4.74 Å². The van der Waals surface area contributed by atoms with Crippen LogP contribution in [0.15, 0.2) is 17.0 Å². The number of benzene rings is 1. The summed E-state index contributed by atoms with van der Waals surface area (Å²) < 4.78 is 11.6. The number of thioether (sulfide) groups is 1. The Labute approximate surface area is 117 Å². The third kappa shape index (κ3) is 2.87. The lowest BCUT2D eigenvalue weighted by molar-refractivity contribution is -0.0156. The lowest BCUT2D eigenvalue weighted by Crippen LogP contribution is -2.20. The maximum absolute atomic E-state index is 11.2. The molecule has 0 bridgehead atoms. The molecular formula is C14H18O4S. The van der Waals surface area contributed by atoms with E-state index in [-0.39, 0.29) is 17.8 Å². The highest BCUT2D eigenvalue weighted by molar-refractivity contribution is 7.98. The number of carboxylic acids is 1. The molecule has 0 aliphatic carbocycles. The molecule has 2 rings (SSSR count). The first-order valence-corrected chi connectivity index (χ1v) is 7.49. The molecule has 1 atom stereocenters. The summed E-state index contributed by atoms with van der Waals surface area (Å²) in [6, 6.07) is 3.45. The van der Waals surface area contributed by atoms with Crippen molar-refractivity contribution in [3.8, 4) is 5.75 Å². The fourth-order valence-electron chi connectivity index (χ4n) is 2.24. The standard InChI is InChI=1S/C14H18O4S/c1-8(2)18-11-6-7-17-12-9(11)4-5-10(14(15)16)13(12)19-3/h4-5,8,11H,6-7H2,1-3H3,(H,15,16). The number of carbonyl (C=O) groups is 1.